The molecule has 0 aromatic rings. The van der Waals surface area contributed by atoms with E-state index < -0.39 is 22.5 Å². The molecule has 0 saturated carbocycles. The van der Waals surface area contributed by atoms with Crippen molar-refractivity contribution in [3.63, 3.8) is 0 Å². The van der Waals surface area contributed by atoms with E-state index >= 15 is 0 Å². The van der Waals surface area contributed by atoms with Crippen LogP contribution in [0.1, 0.15) is 6.92 Å². The molecule has 1 aliphatic rings. The summed E-state index contributed by atoms with van der Waals surface area (Å²) in [6.07, 6.45) is 4.61. The molecule has 0 aliphatic heterocycles. The van der Waals surface area contributed by atoms with E-state index in [-0.39, 0.29) is 0 Å². The van der Waals surface area contributed by atoms with E-state index in [4.69, 9.17) is 11.6 Å². The number of carbonyl (C=O) groups excluding carboxylic acids is 2. The molecular weight excluding hydrogens is 192 g/mol. The summed E-state index contributed by atoms with van der Waals surface area (Å²) in [5, 5.41) is 8.64. The summed E-state index contributed by atoms with van der Waals surface area (Å²) < 4.78 is 0. The highest BCUT2D eigenvalue weighted by Gasteiger charge is 2.46. The minimum atomic E-state index is -1.59. The van der Waals surface area contributed by atoms with Crippen LogP contribution in [0.5, 0.6) is 0 Å². The van der Waals surface area contributed by atoms with E-state index in [1.165, 1.54) is 25.2 Å². The number of hydrogen-bond acceptors (Lipinski definition) is 3. The SMILES string of the molecule is CC(=O)C1(C(=O)Cl)C=CC=CC1O. The lowest BCUT2D eigenvalue weighted by molar-refractivity contribution is -0.136. The van der Waals surface area contributed by atoms with Gasteiger partial charge < -0.3 is 5.11 Å². The fraction of sp³-hybridized carbons (Fsp3) is 0.333. The third-order valence-corrected chi connectivity index (χ3v) is 2.45. The number of aliphatic hydroxyl groups is 1. The van der Waals surface area contributed by atoms with Gasteiger partial charge in [-0.05, 0) is 18.5 Å². The van der Waals surface area contributed by atoms with Gasteiger partial charge in [0.1, 0.15) is 5.41 Å². The molecule has 2 unspecified atom stereocenters. The van der Waals surface area contributed by atoms with Crippen LogP contribution in [0.25, 0.3) is 0 Å². The lowest BCUT2D eigenvalue weighted by Crippen LogP contribution is -2.44. The Morgan fingerprint density at radius 1 is 1.46 bits per heavy atom. The quantitative estimate of drug-likeness (QED) is 0.530. The largest absolute Gasteiger partial charge is 0.387 e. The smallest absolute Gasteiger partial charge is 0.242 e. The second-order valence-electron chi connectivity index (χ2n) is 2.89. The molecule has 0 spiro atoms. The standard InChI is InChI=1S/C9H9ClO3/c1-6(11)9(8(10)13)5-3-2-4-7(9)12/h2-5,7,12H,1H3. The number of hydrogen-bond donors (Lipinski definition) is 1. The van der Waals surface area contributed by atoms with Crippen molar-refractivity contribution >= 4 is 22.6 Å². The van der Waals surface area contributed by atoms with Crippen LogP contribution < -0.4 is 0 Å². The van der Waals surface area contributed by atoms with Crippen molar-refractivity contribution in [2.75, 3.05) is 0 Å². The number of allylic oxidation sites excluding steroid dienone is 2. The fourth-order valence-corrected chi connectivity index (χ4v) is 1.58. The lowest BCUT2D eigenvalue weighted by atomic mass is 9.77. The van der Waals surface area contributed by atoms with Crippen molar-refractivity contribution in [1.82, 2.24) is 0 Å². The molecule has 0 fully saturated rings. The zero-order valence-corrected chi connectivity index (χ0v) is 7.78. The number of Topliss-reactive ketones (excluding diaryl/α,β-unsaturated/α-hetero) is 1. The number of ketones is 1. The van der Waals surface area contributed by atoms with Gasteiger partial charge in [0.25, 0.3) is 0 Å². The summed E-state index contributed by atoms with van der Waals surface area (Å²) in [6, 6.07) is 0. The normalized spacial score (nSPS) is 31.8. The van der Waals surface area contributed by atoms with Gasteiger partial charge in [-0.3, -0.25) is 9.59 Å². The maximum absolute atomic E-state index is 11.2. The van der Waals surface area contributed by atoms with E-state index in [0.29, 0.717) is 0 Å². The second-order valence-corrected chi connectivity index (χ2v) is 3.23. The zero-order valence-electron chi connectivity index (χ0n) is 7.03. The molecule has 3 nitrogen and oxygen atoms in total. The Morgan fingerprint density at radius 3 is 2.38 bits per heavy atom. The highest BCUT2D eigenvalue weighted by Crippen LogP contribution is 2.32. The van der Waals surface area contributed by atoms with Crippen LogP contribution in [0, 0.1) is 5.41 Å². The van der Waals surface area contributed by atoms with E-state index in [1.54, 1.807) is 6.08 Å². The van der Waals surface area contributed by atoms with Crippen LogP contribution >= 0.6 is 11.6 Å². The van der Waals surface area contributed by atoms with Gasteiger partial charge in [0, 0.05) is 0 Å². The molecule has 0 heterocycles. The van der Waals surface area contributed by atoms with Gasteiger partial charge in [-0.25, -0.2) is 0 Å². The maximum Gasteiger partial charge on any atom is 0.242 e. The number of halogens is 1. The third kappa shape index (κ3) is 1.45. The topological polar surface area (TPSA) is 54.4 Å². The summed E-state index contributed by atoms with van der Waals surface area (Å²) in [4.78, 5) is 22.3. The molecule has 1 rings (SSSR count). The summed E-state index contributed by atoms with van der Waals surface area (Å²) in [6.45, 7) is 1.23. The van der Waals surface area contributed by atoms with Crippen LogP contribution in [0.3, 0.4) is 0 Å². The van der Waals surface area contributed by atoms with Gasteiger partial charge in [0.2, 0.25) is 5.24 Å². The number of rotatable bonds is 2. The van der Waals surface area contributed by atoms with E-state index in [9.17, 15) is 14.7 Å². The average molecular weight is 201 g/mol. The Morgan fingerprint density at radius 2 is 2.08 bits per heavy atom. The van der Waals surface area contributed by atoms with Gasteiger partial charge in [-0.2, -0.15) is 0 Å². The highest BCUT2D eigenvalue weighted by molar-refractivity contribution is 6.67. The second kappa shape index (κ2) is 3.44. The van der Waals surface area contributed by atoms with Crippen molar-refractivity contribution < 1.29 is 14.7 Å². The summed E-state index contributed by atoms with van der Waals surface area (Å²) in [7, 11) is 0. The molecule has 0 aromatic heterocycles. The van der Waals surface area contributed by atoms with Gasteiger partial charge in [0.15, 0.2) is 5.78 Å². The Labute approximate surface area is 80.7 Å². The summed E-state index contributed by atoms with van der Waals surface area (Å²) in [5.74, 6) is -0.458. The molecule has 0 bridgehead atoms. The Kier molecular flexibility index (Phi) is 2.68. The molecule has 70 valence electrons. The van der Waals surface area contributed by atoms with Gasteiger partial charge >= 0.3 is 0 Å². The van der Waals surface area contributed by atoms with Crippen molar-refractivity contribution in [2.24, 2.45) is 5.41 Å². The van der Waals surface area contributed by atoms with Crippen molar-refractivity contribution in [3.05, 3.63) is 24.3 Å². The molecule has 1 N–H and O–H groups in total. The summed E-state index contributed by atoms with van der Waals surface area (Å²) >= 11 is 5.30. The predicted octanol–water partition coefficient (Wildman–Crippen LogP) is 0.814. The molecule has 0 radical (unpaired) electrons. The first-order chi connectivity index (χ1) is 6.01. The van der Waals surface area contributed by atoms with Crippen molar-refractivity contribution in [2.45, 2.75) is 13.0 Å². The van der Waals surface area contributed by atoms with Gasteiger partial charge in [-0.15, -0.1) is 0 Å². The first-order valence-corrected chi connectivity index (χ1v) is 4.14. The van der Waals surface area contributed by atoms with Crippen LogP contribution in [0.15, 0.2) is 24.3 Å². The third-order valence-electron chi connectivity index (χ3n) is 2.14. The zero-order chi connectivity index (χ0) is 10.1. The first kappa shape index (κ1) is 10.2. The highest BCUT2D eigenvalue weighted by atomic mass is 35.5. The monoisotopic (exact) mass is 200 g/mol. The van der Waals surface area contributed by atoms with E-state index in [0.717, 1.165) is 0 Å². The number of carbonyl (C=O) groups is 2. The Balaban J connectivity index is 3.19. The molecule has 0 saturated heterocycles. The molecule has 0 aromatic carbocycles. The minimum absolute atomic E-state index is 0.458. The molecule has 4 heteroatoms. The van der Waals surface area contributed by atoms with E-state index in [2.05, 4.69) is 0 Å². The molecular formula is C9H9ClO3. The lowest BCUT2D eigenvalue weighted by Gasteiger charge is -2.28. The van der Waals surface area contributed by atoms with Gasteiger partial charge in [-0.1, -0.05) is 24.3 Å². The molecule has 2 atom stereocenters. The van der Waals surface area contributed by atoms with Crippen molar-refractivity contribution in [3.8, 4) is 0 Å². The molecule has 1 aliphatic carbocycles. The van der Waals surface area contributed by atoms with Crippen LogP contribution in [-0.4, -0.2) is 22.2 Å². The van der Waals surface area contributed by atoms with Crippen LogP contribution in [-0.2, 0) is 9.59 Å². The fourth-order valence-electron chi connectivity index (χ4n) is 1.27. The summed E-state index contributed by atoms with van der Waals surface area (Å²) in [5.41, 5.74) is -1.59. The van der Waals surface area contributed by atoms with E-state index in [1.807, 2.05) is 0 Å². The minimum Gasteiger partial charge on any atom is -0.387 e. The molecule has 13 heavy (non-hydrogen) atoms. The van der Waals surface area contributed by atoms with Crippen LogP contribution in [0.4, 0.5) is 0 Å². The predicted molar refractivity (Wildman–Crippen MR) is 48.3 cm³/mol. The number of aliphatic hydroxyl groups excluding tert-OH is 1. The van der Waals surface area contributed by atoms with Gasteiger partial charge in [0.05, 0.1) is 6.10 Å². The molecule has 0 amide bonds. The van der Waals surface area contributed by atoms with Crippen LogP contribution in [0.2, 0.25) is 0 Å². The van der Waals surface area contributed by atoms with Crippen molar-refractivity contribution in [1.29, 1.82) is 0 Å². The average Bonchev–Trinajstić information content (AvgIpc) is 2.04. The Hall–Kier alpha value is -0.930. The maximum atomic E-state index is 11.2. The Bertz CT molecular complexity index is 290. The first-order valence-electron chi connectivity index (χ1n) is 3.77.